The molecule has 0 radical (unpaired) electrons. The number of fused-ring (bicyclic) bond motifs is 1. The van der Waals surface area contributed by atoms with Gasteiger partial charge in [0.2, 0.25) is 0 Å². The number of benzene rings is 2. The molecule has 0 amide bonds. The molecule has 0 saturated heterocycles. The van der Waals surface area contributed by atoms with Gasteiger partial charge < -0.3 is 19.4 Å². The number of aliphatic hydroxyl groups excluding tert-OH is 2. The van der Waals surface area contributed by atoms with Crippen molar-refractivity contribution in [1.29, 1.82) is 0 Å². The summed E-state index contributed by atoms with van der Waals surface area (Å²) in [5.41, 5.74) is 1.22. The number of carbonyl (C=O) groups excluding carboxylic acids is 1. The average molecular weight is 571 g/mol. The number of hydrogen-bond donors (Lipinski definition) is 2. The molecule has 10 heteroatoms. The Labute approximate surface area is 219 Å². The van der Waals surface area contributed by atoms with Gasteiger partial charge in [-0.1, -0.05) is 28.1 Å². The highest BCUT2D eigenvalue weighted by atomic mass is 79.9. The molecule has 0 bridgehead atoms. The summed E-state index contributed by atoms with van der Waals surface area (Å²) in [6.07, 6.45) is 3.19. The first kappa shape index (κ1) is 25.9. The van der Waals surface area contributed by atoms with Gasteiger partial charge >= 0.3 is 5.63 Å². The lowest BCUT2D eigenvalue weighted by atomic mass is 10.1. The number of aliphatic hydroxyl groups is 2. The number of Topliss-reactive ketones (excluding diaryl/α,β-unsaturated/α-hetero) is 1. The molecule has 0 aliphatic heterocycles. The summed E-state index contributed by atoms with van der Waals surface area (Å²) in [5.74, 6) is 0.0210. The Kier molecular flexibility index (Phi) is 8.79. The molecule has 186 valence electrons. The molecular formula is C26H23BrN2O6S. The molecule has 0 spiro atoms. The lowest BCUT2D eigenvalue weighted by molar-refractivity contribution is 0.0988. The van der Waals surface area contributed by atoms with E-state index in [4.69, 9.17) is 9.15 Å². The molecular weight excluding hydrogens is 548 g/mol. The van der Waals surface area contributed by atoms with Crippen LogP contribution < -0.4 is 10.4 Å². The fraction of sp³-hybridized carbons (Fsp3) is 0.192. The number of rotatable bonds is 11. The topological polar surface area (TPSA) is 113 Å². The minimum Gasteiger partial charge on any atom is -0.453 e. The fourth-order valence-electron chi connectivity index (χ4n) is 3.62. The minimum absolute atomic E-state index is 0.0715. The largest absolute Gasteiger partial charge is 0.453 e. The number of nitrogens with zero attached hydrogens (tertiary/aromatic N) is 2. The van der Waals surface area contributed by atoms with Gasteiger partial charge in [-0.05, 0) is 41.5 Å². The van der Waals surface area contributed by atoms with Gasteiger partial charge in [-0.3, -0.25) is 9.69 Å². The summed E-state index contributed by atoms with van der Waals surface area (Å²) in [6, 6.07) is 13.8. The molecule has 0 fully saturated rings. The Balaban J connectivity index is 1.69. The van der Waals surface area contributed by atoms with Gasteiger partial charge in [0, 0.05) is 53.2 Å². The summed E-state index contributed by atoms with van der Waals surface area (Å²) in [5, 5.41) is 21.3. The van der Waals surface area contributed by atoms with Crippen LogP contribution >= 0.6 is 27.3 Å². The summed E-state index contributed by atoms with van der Waals surface area (Å²) >= 11 is 4.62. The number of halogens is 1. The zero-order valence-electron chi connectivity index (χ0n) is 19.1. The number of hydrogen-bond acceptors (Lipinski definition) is 9. The lowest BCUT2D eigenvalue weighted by Gasteiger charge is -2.20. The van der Waals surface area contributed by atoms with E-state index in [1.165, 1.54) is 17.4 Å². The Morgan fingerprint density at radius 2 is 1.86 bits per heavy atom. The molecule has 2 aromatic carbocycles. The second kappa shape index (κ2) is 12.2. The first-order chi connectivity index (χ1) is 17.5. The molecule has 2 heterocycles. The van der Waals surface area contributed by atoms with Crippen molar-refractivity contribution in [2.75, 3.05) is 26.3 Å². The van der Waals surface area contributed by atoms with E-state index in [2.05, 4.69) is 20.9 Å². The molecule has 0 atom stereocenters. The second-order valence-electron chi connectivity index (χ2n) is 7.80. The van der Waals surface area contributed by atoms with Crippen molar-refractivity contribution in [1.82, 2.24) is 9.88 Å². The summed E-state index contributed by atoms with van der Waals surface area (Å²) in [6.45, 7) is 0.912. The van der Waals surface area contributed by atoms with E-state index in [9.17, 15) is 19.8 Å². The second-order valence-corrected chi connectivity index (χ2v) is 9.61. The van der Waals surface area contributed by atoms with E-state index in [0.29, 0.717) is 46.9 Å². The lowest BCUT2D eigenvalue weighted by Crippen LogP contribution is -2.29. The maximum absolute atomic E-state index is 13.1. The number of carbonyl (C=O) groups is 1. The number of ketones is 1. The Hall–Kier alpha value is -3.15. The fourth-order valence-corrected chi connectivity index (χ4v) is 4.46. The SMILES string of the molecule is O=C(/C(=C/c1ccc(Br)cc1)Oc1ccc2c(CN(CCO)CCO)cc(=O)oc2c1)c1nccs1. The molecule has 0 aliphatic rings. The molecule has 36 heavy (non-hydrogen) atoms. The standard InChI is InChI=1S/C26H23BrN2O6S/c27-19-3-1-17(2-4-19)13-23(25(33)26-28-7-12-36-26)34-20-5-6-21-18(14-24(32)35-22(21)15-20)16-29(8-10-30)9-11-31/h1-7,12-15,30-31H,8-11,16H2/b23-13-. The van der Waals surface area contributed by atoms with E-state index in [1.54, 1.807) is 35.9 Å². The van der Waals surface area contributed by atoms with Crippen LogP contribution in [0.5, 0.6) is 5.75 Å². The molecule has 0 aliphatic carbocycles. The predicted molar refractivity (Wildman–Crippen MR) is 141 cm³/mol. The summed E-state index contributed by atoms with van der Waals surface area (Å²) < 4.78 is 12.3. The van der Waals surface area contributed by atoms with Gasteiger partial charge in [0.1, 0.15) is 11.3 Å². The van der Waals surface area contributed by atoms with Gasteiger partial charge in [-0.25, -0.2) is 9.78 Å². The highest BCUT2D eigenvalue weighted by Gasteiger charge is 2.19. The first-order valence-corrected chi connectivity index (χ1v) is 12.7. The van der Waals surface area contributed by atoms with Gasteiger partial charge in [0.15, 0.2) is 10.8 Å². The summed E-state index contributed by atoms with van der Waals surface area (Å²) in [4.78, 5) is 31.3. The number of ether oxygens (including phenoxy) is 1. The van der Waals surface area contributed by atoms with Crippen molar-refractivity contribution in [3.63, 3.8) is 0 Å². The van der Waals surface area contributed by atoms with Crippen LogP contribution in [0.15, 0.2) is 79.6 Å². The Morgan fingerprint density at radius 1 is 1.11 bits per heavy atom. The van der Waals surface area contributed by atoms with Gasteiger partial charge in [0.05, 0.1) is 13.2 Å². The van der Waals surface area contributed by atoms with Crippen LogP contribution in [0.2, 0.25) is 0 Å². The quantitative estimate of drug-likeness (QED) is 0.120. The van der Waals surface area contributed by atoms with Crippen LogP contribution in [0.4, 0.5) is 0 Å². The predicted octanol–water partition coefficient (Wildman–Crippen LogP) is 4.10. The highest BCUT2D eigenvalue weighted by Crippen LogP contribution is 2.27. The van der Waals surface area contributed by atoms with Gasteiger partial charge in [-0.15, -0.1) is 11.3 Å². The molecule has 8 nitrogen and oxygen atoms in total. The van der Waals surface area contributed by atoms with E-state index in [-0.39, 0.29) is 24.8 Å². The van der Waals surface area contributed by atoms with Crippen LogP contribution in [0.1, 0.15) is 20.9 Å². The van der Waals surface area contributed by atoms with Crippen LogP contribution in [0.3, 0.4) is 0 Å². The van der Waals surface area contributed by atoms with Gasteiger partial charge in [0.25, 0.3) is 5.78 Å². The zero-order chi connectivity index (χ0) is 25.5. The molecule has 4 aromatic rings. The third kappa shape index (κ3) is 6.54. The first-order valence-electron chi connectivity index (χ1n) is 11.1. The molecule has 0 saturated carbocycles. The molecule has 0 unspecified atom stereocenters. The molecule has 4 rings (SSSR count). The monoisotopic (exact) mass is 570 g/mol. The maximum Gasteiger partial charge on any atom is 0.336 e. The van der Waals surface area contributed by atoms with E-state index < -0.39 is 5.63 Å². The number of thiazole rings is 1. The Morgan fingerprint density at radius 3 is 2.53 bits per heavy atom. The van der Waals surface area contributed by atoms with Crippen LogP contribution in [-0.2, 0) is 6.54 Å². The van der Waals surface area contributed by atoms with Crippen molar-refractivity contribution in [2.45, 2.75) is 6.54 Å². The van der Waals surface area contributed by atoms with Crippen molar-refractivity contribution < 1.29 is 24.2 Å². The molecule has 2 aromatic heterocycles. The normalized spacial score (nSPS) is 11.8. The van der Waals surface area contributed by atoms with Crippen LogP contribution in [0, 0.1) is 0 Å². The summed E-state index contributed by atoms with van der Waals surface area (Å²) in [7, 11) is 0. The van der Waals surface area contributed by atoms with E-state index in [0.717, 1.165) is 10.0 Å². The van der Waals surface area contributed by atoms with Crippen molar-refractivity contribution in [3.8, 4) is 5.75 Å². The minimum atomic E-state index is -0.535. The zero-order valence-corrected chi connectivity index (χ0v) is 21.5. The van der Waals surface area contributed by atoms with Crippen LogP contribution in [0.25, 0.3) is 17.0 Å². The third-order valence-corrected chi connectivity index (χ3v) is 6.57. The number of allylic oxidation sites excluding steroid dienone is 1. The average Bonchev–Trinajstić information content (AvgIpc) is 3.40. The van der Waals surface area contributed by atoms with Crippen molar-refractivity contribution >= 4 is 50.1 Å². The van der Waals surface area contributed by atoms with E-state index in [1.807, 2.05) is 29.2 Å². The van der Waals surface area contributed by atoms with Crippen molar-refractivity contribution in [2.24, 2.45) is 0 Å². The van der Waals surface area contributed by atoms with Crippen LogP contribution in [-0.4, -0.2) is 52.2 Å². The maximum atomic E-state index is 13.1. The smallest absolute Gasteiger partial charge is 0.336 e. The number of aromatic nitrogens is 1. The highest BCUT2D eigenvalue weighted by molar-refractivity contribution is 9.10. The van der Waals surface area contributed by atoms with Gasteiger partial charge in [-0.2, -0.15) is 0 Å². The third-order valence-electron chi connectivity index (χ3n) is 5.27. The van der Waals surface area contributed by atoms with E-state index >= 15 is 0 Å². The Bertz CT molecular complexity index is 1410. The molecule has 2 N–H and O–H groups in total. The van der Waals surface area contributed by atoms with Crippen molar-refractivity contribution in [3.05, 3.63) is 96.9 Å².